The molecule has 0 fully saturated rings. The minimum absolute atomic E-state index is 0. The quantitative estimate of drug-likeness (QED) is 0.631. The predicted octanol–water partition coefficient (Wildman–Crippen LogP) is 1.25. The van der Waals surface area contributed by atoms with Gasteiger partial charge in [-0.1, -0.05) is 36.5 Å². The zero-order valence-electron chi connectivity index (χ0n) is 7.96. The molecule has 1 aliphatic carbocycles. The molecule has 0 atom stereocenters. The molecule has 0 unspecified atom stereocenters. The molecule has 0 amide bonds. The first-order chi connectivity index (χ1) is 7.00. The molecule has 0 saturated heterocycles. The van der Waals surface area contributed by atoms with Crippen molar-refractivity contribution in [2.24, 2.45) is 0 Å². The molecule has 80 valence electrons. The molecule has 0 bridgehead atoms. The summed E-state index contributed by atoms with van der Waals surface area (Å²) in [4.78, 5) is 22.5. The van der Waals surface area contributed by atoms with Crippen molar-refractivity contribution >= 4 is 20.4 Å². The topological polar surface area (TPSA) is 51.2 Å². The Bertz CT molecular complexity index is 156. The predicted molar refractivity (Wildman–Crippen MR) is 53.7 cm³/mol. The van der Waals surface area contributed by atoms with Crippen molar-refractivity contribution in [2.75, 3.05) is 0 Å². The van der Waals surface area contributed by atoms with Gasteiger partial charge in [0.25, 0.3) is 20.4 Å². The van der Waals surface area contributed by atoms with E-state index in [1.807, 2.05) is 0 Å². The van der Waals surface area contributed by atoms with Crippen LogP contribution in [-0.2, 0) is 33.9 Å². The van der Waals surface area contributed by atoms with E-state index in [4.69, 9.17) is 14.4 Å². The summed E-state index contributed by atoms with van der Waals surface area (Å²) in [7, 11) is 0. The van der Waals surface area contributed by atoms with Gasteiger partial charge in [0, 0.05) is 19.5 Å². The van der Waals surface area contributed by atoms with E-state index in [1.165, 1.54) is 12.8 Å². The van der Waals surface area contributed by atoms with Gasteiger partial charge < -0.3 is 0 Å². The third kappa shape index (κ3) is 32.2. The Morgan fingerprint density at radius 1 is 0.600 bits per heavy atom. The van der Waals surface area contributed by atoms with E-state index in [-0.39, 0.29) is 19.5 Å². The fourth-order valence-electron chi connectivity index (χ4n) is 0.670. The molecule has 6 radical (unpaired) electrons. The summed E-state index contributed by atoms with van der Waals surface area (Å²) in [5, 5.41) is 0. The van der Waals surface area contributed by atoms with Crippen LogP contribution in [0.5, 0.6) is 0 Å². The molecule has 1 aliphatic rings. The van der Waals surface area contributed by atoms with Crippen molar-refractivity contribution in [1.82, 2.24) is 0 Å². The van der Waals surface area contributed by atoms with Crippen LogP contribution in [0.3, 0.4) is 0 Å². The van der Waals surface area contributed by atoms with Crippen LogP contribution in [0.1, 0.15) is 12.8 Å². The van der Waals surface area contributed by atoms with E-state index in [0.717, 1.165) is 0 Å². The van der Waals surface area contributed by atoms with E-state index >= 15 is 0 Å². The third-order valence-corrected chi connectivity index (χ3v) is 1.11. The number of hydrogen-bond donors (Lipinski definition) is 0. The zero-order chi connectivity index (χ0) is 11.7. The van der Waals surface area contributed by atoms with Gasteiger partial charge in [-0.15, -0.1) is 0 Å². The van der Waals surface area contributed by atoms with E-state index in [1.54, 1.807) is 0 Å². The van der Waals surface area contributed by atoms with E-state index in [0.29, 0.717) is 0 Å². The molecule has 0 aromatic rings. The Kier molecular flexibility index (Phi) is 60.4. The second-order valence-corrected chi connectivity index (χ2v) is 1.82. The summed E-state index contributed by atoms with van der Waals surface area (Å²) in [6, 6.07) is 0. The fourth-order valence-corrected chi connectivity index (χ4v) is 0.670. The maximum absolute atomic E-state index is 7.50. The minimum Gasteiger partial charge on any atom is -0.281 e. The molecule has 1 rings (SSSR count). The van der Waals surface area contributed by atoms with Gasteiger partial charge in [-0.05, 0) is 12.8 Å². The van der Waals surface area contributed by atoms with Gasteiger partial charge in [-0.3, -0.25) is 14.4 Å². The molecule has 0 heterocycles. The number of carbonyl (C=O) groups excluding carboxylic acids is 3. The van der Waals surface area contributed by atoms with Crippen LogP contribution in [0.4, 0.5) is 0 Å². The van der Waals surface area contributed by atoms with Crippen molar-refractivity contribution in [2.45, 2.75) is 12.8 Å². The Morgan fingerprint density at radius 2 is 0.867 bits per heavy atom. The Labute approximate surface area is 104 Å². The van der Waals surface area contributed by atoms with Crippen LogP contribution < -0.4 is 0 Å². The molecule has 0 aromatic carbocycles. The number of allylic oxidation sites excluding steroid dienone is 6. The van der Waals surface area contributed by atoms with Gasteiger partial charge in [0.2, 0.25) is 0 Å². The maximum Gasteiger partial charge on any atom is 0.281 e. The van der Waals surface area contributed by atoms with Crippen LogP contribution in [0.15, 0.2) is 36.5 Å². The monoisotopic (exact) mass is 292 g/mol. The van der Waals surface area contributed by atoms with Crippen molar-refractivity contribution in [1.29, 1.82) is 0 Å². The van der Waals surface area contributed by atoms with E-state index in [2.05, 4.69) is 56.8 Å². The fraction of sp³-hybridized carbons (Fsp3) is 0.182. The molecule has 0 aromatic heterocycles. The number of rotatable bonds is 0. The average molecular weight is 291 g/mol. The molecular weight excluding hydrogens is 281 g/mol. The van der Waals surface area contributed by atoms with Crippen molar-refractivity contribution in [3.63, 3.8) is 0 Å². The third-order valence-electron chi connectivity index (χ3n) is 1.11. The second-order valence-electron chi connectivity index (χ2n) is 1.82. The van der Waals surface area contributed by atoms with Gasteiger partial charge in [-0.2, -0.15) is 0 Å². The average Bonchev–Trinajstić information content (AvgIpc) is 2.26. The van der Waals surface area contributed by atoms with Crippen LogP contribution in [-0.4, -0.2) is 20.4 Å². The first-order valence-electron chi connectivity index (χ1n) is 3.60. The summed E-state index contributed by atoms with van der Waals surface area (Å²) < 4.78 is 0. The van der Waals surface area contributed by atoms with Crippen LogP contribution in [0.2, 0.25) is 0 Å². The number of hydrogen-bond acceptors (Lipinski definition) is 3. The summed E-state index contributed by atoms with van der Waals surface area (Å²) in [6.07, 6.45) is 15.0. The first kappa shape index (κ1) is 23.6. The van der Waals surface area contributed by atoms with Crippen molar-refractivity contribution in [3.05, 3.63) is 36.5 Å². The molecule has 15 heavy (non-hydrogen) atoms. The van der Waals surface area contributed by atoms with Gasteiger partial charge in [0.15, 0.2) is 0 Å². The molecule has 0 spiro atoms. The standard InChI is InChI=1S/C8H10.3CO.Ru/c1-2-4-6-8-7-5-3-1;3*1-2;/h1-6H,7-8H2;;;;/b2-1-,5-3-,6-4-;;;;. The van der Waals surface area contributed by atoms with Crippen LogP contribution in [0, 0.1) is 0 Å². The molecule has 0 saturated carbocycles. The molecule has 0 aliphatic heterocycles. The maximum atomic E-state index is 7.50. The zero-order valence-corrected chi connectivity index (χ0v) is 9.69. The largest absolute Gasteiger partial charge is 0.281 e. The van der Waals surface area contributed by atoms with Gasteiger partial charge in [0.05, 0.1) is 0 Å². The van der Waals surface area contributed by atoms with Crippen molar-refractivity contribution < 1.29 is 33.9 Å². The minimum atomic E-state index is 0. The van der Waals surface area contributed by atoms with Gasteiger partial charge >= 0.3 is 0 Å². The Morgan fingerprint density at radius 3 is 1.13 bits per heavy atom. The molecular formula is C11H10O3Ru. The summed E-state index contributed by atoms with van der Waals surface area (Å²) in [5.74, 6) is 0. The first-order valence-corrected chi connectivity index (χ1v) is 3.60. The SMILES string of the molecule is C1=C\C=C/CC\C=C/1.[C]=O.[C]=O.[C]=O.[Ru]. The van der Waals surface area contributed by atoms with Gasteiger partial charge in [-0.25, -0.2) is 0 Å². The van der Waals surface area contributed by atoms with Crippen LogP contribution in [0.25, 0.3) is 0 Å². The molecule has 0 N–H and O–H groups in total. The summed E-state index contributed by atoms with van der Waals surface area (Å²) in [6.45, 7) is 13.5. The molecule has 3 nitrogen and oxygen atoms in total. The Hall–Kier alpha value is -1.15. The normalized spacial score (nSPS) is 16.8. The second kappa shape index (κ2) is 38.4. The smallest absolute Gasteiger partial charge is 0.281 e. The summed E-state index contributed by atoms with van der Waals surface area (Å²) >= 11 is 0. The van der Waals surface area contributed by atoms with E-state index in [9.17, 15) is 0 Å². The van der Waals surface area contributed by atoms with Gasteiger partial charge in [0.1, 0.15) is 0 Å². The summed E-state index contributed by atoms with van der Waals surface area (Å²) in [5.41, 5.74) is 0. The molecule has 4 heteroatoms. The van der Waals surface area contributed by atoms with Crippen molar-refractivity contribution in [3.8, 4) is 0 Å². The Balaban J connectivity index is -0.0000000755. The van der Waals surface area contributed by atoms with E-state index < -0.39 is 0 Å². The van der Waals surface area contributed by atoms with Crippen LogP contribution >= 0.6 is 0 Å².